The van der Waals surface area contributed by atoms with Gasteiger partial charge in [0.15, 0.2) is 17.1 Å². The maximum atomic E-state index is 6.22. The summed E-state index contributed by atoms with van der Waals surface area (Å²) in [5.74, 6) is 2.22. The van der Waals surface area contributed by atoms with Crippen LogP contribution in [0.5, 0.6) is 5.75 Å². The molecule has 0 saturated carbocycles. The number of aromatic nitrogens is 6. The van der Waals surface area contributed by atoms with Gasteiger partial charge < -0.3 is 24.7 Å². The van der Waals surface area contributed by atoms with Gasteiger partial charge in [-0.3, -0.25) is 4.90 Å². The van der Waals surface area contributed by atoms with E-state index in [1.165, 1.54) is 10.2 Å². The molecule has 1 fully saturated rings. The highest BCUT2D eigenvalue weighted by Crippen LogP contribution is 2.24. The van der Waals surface area contributed by atoms with E-state index in [2.05, 4.69) is 59.1 Å². The second-order valence-electron chi connectivity index (χ2n) is 9.70. The van der Waals surface area contributed by atoms with Crippen molar-refractivity contribution in [1.29, 1.82) is 0 Å². The largest absolute Gasteiger partial charge is 0.492 e. The number of likely N-dealkylation sites (N-methyl/N-ethyl adjacent to an activating group) is 1. The molecule has 0 bridgehead atoms. The van der Waals surface area contributed by atoms with Gasteiger partial charge in [0, 0.05) is 45.0 Å². The average molecular weight is 517 g/mol. The molecule has 12 nitrogen and oxygen atoms in total. The lowest BCUT2D eigenvalue weighted by molar-refractivity contribution is 0.245. The summed E-state index contributed by atoms with van der Waals surface area (Å²) < 4.78 is 14.7. The fourth-order valence-corrected chi connectivity index (χ4v) is 4.70. The quantitative estimate of drug-likeness (QED) is 0.312. The topological polar surface area (TPSA) is 119 Å². The molecule has 0 amide bonds. The van der Waals surface area contributed by atoms with Crippen molar-refractivity contribution in [3.05, 3.63) is 48.9 Å². The van der Waals surface area contributed by atoms with Crippen molar-refractivity contribution in [2.45, 2.75) is 6.54 Å². The van der Waals surface area contributed by atoms with Crippen molar-refractivity contribution in [2.24, 2.45) is 0 Å². The van der Waals surface area contributed by atoms with E-state index in [0.29, 0.717) is 36.0 Å². The summed E-state index contributed by atoms with van der Waals surface area (Å²) >= 11 is 0. The Hall–Kier alpha value is -4.16. The molecule has 4 aromatic heterocycles. The van der Waals surface area contributed by atoms with Crippen molar-refractivity contribution in [2.75, 3.05) is 70.6 Å². The maximum absolute atomic E-state index is 6.22. The second kappa shape index (κ2) is 10.3. The summed E-state index contributed by atoms with van der Waals surface area (Å²) in [5, 5.41) is 9.85. The zero-order valence-corrected chi connectivity index (χ0v) is 21.7. The highest BCUT2D eigenvalue weighted by molar-refractivity contribution is 5.90. The molecule has 198 valence electrons. The Morgan fingerprint density at radius 3 is 2.55 bits per heavy atom. The van der Waals surface area contributed by atoms with Crippen LogP contribution in [-0.4, -0.2) is 99.1 Å². The smallest absolute Gasteiger partial charge is 0.225 e. The van der Waals surface area contributed by atoms with E-state index in [1.807, 2.05) is 24.8 Å². The van der Waals surface area contributed by atoms with Gasteiger partial charge in [-0.25, -0.2) is 9.67 Å². The SMILES string of the molecule is CN(C)CCOc1ccc(N2CCN(CCn3ncc4c3nc(N)n3nc(-c5ccco5)nc43)CC2)cc1. The van der Waals surface area contributed by atoms with E-state index >= 15 is 0 Å². The molecule has 0 aliphatic carbocycles. The predicted molar refractivity (Wildman–Crippen MR) is 145 cm³/mol. The fraction of sp³-hybridized carbons (Fsp3) is 0.385. The number of nitrogen functional groups attached to an aromatic ring is 1. The Bertz CT molecular complexity index is 1500. The molecule has 0 radical (unpaired) electrons. The molecule has 38 heavy (non-hydrogen) atoms. The first-order valence-corrected chi connectivity index (χ1v) is 12.8. The number of nitrogens with zero attached hydrogens (tertiary/aromatic N) is 9. The molecule has 5 aromatic rings. The van der Waals surface area contributed by atoms with Gasteiger partial charge in [0.25, 0.3) is 0 Å². The number of piperazine rings is 1. The Labute approximate surface area is 220 Å². The van der Waals surface area contributed by atoms with E-state index in [1.54, 1.807) is 18.5 Å². The van der Waals surface area contributed by atoms with Crippen molar-refractivity contribution in [3.8, 4) is 17.3 Å². The molecule has 2 N–H and O–H groups in total. The Morgan fingerprint density at radius 1 is 1.00 bits per heavy atom. The number of hydrogen-bond acceptors (Lipinski definition) is 10. The molecular weight excluding hydrogens is 484 g/mol. The Balaban J connectivity index is 1.07. The molecule has 0 spiro atoms. The molecule has 6 rings (SSSR count). The fourth-order valence-electron chi connectivity index (χ4n) is 4.70. The Kier molecular flexibility index (Phi) is 6.56. The summed E-state index contributed by atoms with van der Waals surface area (Å²) in [4.78, 5) is 16.2. The lowest BCUT2D eigenvalue weighted by Crippen LogP contribution is -2.47. The summed E-state index contributed by atoms with van der Waals surface area (Å²) in [6.07, 6.45) is 3.37. The van der Waals surface area contributed by atoms with Crippen LogP contribution < -0.4 is 15.4 Å². The van der Waals surface area contributed by atoms with Crippen LogP contribution in [0.3, 0.4) is 0 Å². The molecule has 1 aliphatic heterocycles. The highest BCUT2D eigenvalue weighted by Gasteiger charge is 2.20. The lowest BCUT2D eigenvalue weighted by atomic mass is 10.2. The summed E-state index contributed by atoms with van der Waals surface area (Å²) in [6.45, 7) is 7.09. The standard InChI is InChI=1S/C26H32N10O2/c1-32(2)15-17-37-20-7-5-19(6-8-20)34-12-9-33(10-13-34)11-14-35-24-21(18-28-35)25-29-23(22-4-3-16-38-22)31-36(25)26(27)30-24/h3-8,16,18H,9-15,17H2,1-2H3,(H2,27,30). The number of benzene rings is 1. The zero-order valence-electron chi connectivity index (χ0n) is 21.7. The number of ether oxygens (including phenoxy) is 1. The average Bonchev–Trinajstić information content (AvgIpc) is 3.68. The van der Waals surface area contributed by atoms with Crippen LogP contribution in [0.25, 0.3) is 28.3 Å². The number of furan rings is 1. The number of rotatable bonds is 9. The van der Waals surface area contributed by atoms with Gasteiger partial charge in [0.05, 0.1) is 24.4 Å². The third-order valence-corrected chi connectivity index (χ3v) is 6.85. The van der Waals surface area contributed by atoms with Crippen molar-refractivity contribution in [1.82, 2.24) is 39.2 Å². The molecule has 1 aromatic carbocycles. The summed E-state index contributed by atoms with van der Waals surface area (Å²) in [7, 11) is 4.09. The van der Waals surface area contributed by atoms with Gasteiger partial charge in [-0.2, -0.15) is 14.6 Å². The third-order valence-electron chi connectivity index (χ3n) is 6.85. The summed E-state index contributed by atoms with van der Waals surface area (Å²) in [6, 6.07) is 12.0. The van der Waals surface area contributed by atoms with E-state index in [9.17, 15) is 0 Å². The van der Waals surface area contributed by atoms with Gasteiger partial charge >= 0.3 is 0 Å². The van der Waals surface area contributed by atoms with Crippen molar-refractivity contribution < 1.29 is 9.15 Å². The molecule has 1 saturated heterocycles. The van der Waals surface area contributed by atoms with Crippen LogP contribution in [0, 0.1) is 0 Å². The van der Waals surface area contributed by atoms with E-state index in [-0.39, 0.29) is 5.95 Å². The maximum Gasteiger partial charge on any atom is 0.225 e. The molecule has 1 aliphatic rings. The number of anilines is 2. The number of hydrogen-bond donors (Lipinski definition) is 1. The van der Waals surface area contributed by atoms with Crippen molar-refractivity contribution in [3.63, 3.8) is 0 Å². The molecular formula is C26H32N10O2. The predicted octanol–water partition coefficient (Wildman–Crippen LogP) is 2.08. The van der Waals surface area contributed by atoms with Gasteiger partial charge in [0.1, 0.15) is 12.4 Å². The van der Waals surface area contributed by atoms with Crippen LogP contribution in [-0.2, 0) is 6.54 Å². The minimum atomic E-state index is 0.266. The lowest BCUT2D eigenvalue weighted by Gasteiger charge is -2.36. The first-order valence-electron chi connectivity index (χ1n) is 12.8. The second-order valence-corrected chi connectivity index (χ2v) is 9.70. The van der Waals surface area contributed by atoms with Crippen LogP contribution in [0.2, 0.25) is 0 Å². The van der Waals surface area contributed by atoms with Crippen LogP contribution >= 0.6 is 0 Å². The normalized spacial score (nSPS) is 14.8. The summed E-state index contributed by atoms with van der Waals surface area (Å²) in [5.41, 5.74) is 8.78. The van der Waals surface area contributed by atoms with E-state index < -0.39 is 0 Å². The first-order chi connectivity index (χ1) is 18.5. The van der Waals surface area contributed by atoms with Crippen LogP contribution in [0.1, 0.15) is 0 Å². The van der Waals surface area contributed by atoms with Crippen LogP contribution in [0.4, 0.5) is 11.6 Å². The highest BCUT2D eigenvalue weighted by atomic mass is 16.5. The van der Waals surface area contributed by atoms with Gasteiger partial charge in [-0.1, -0.05) is 0 Å². The number of fused-ring (bicyclic) bond motifs is 3. The Morgan fingerprint density at radius 2 is 1.82 bits per heavy atom. The minimum Gasteiger partial charge on any atom is -0.492 e. The van der Waals surface area contributed by atoms with Gasteiger partial charge in [-0.05, 0) is 50.5 Å². The van der Waals surface area contributed by atoms with Crippen molar-refractivity contribution >= 4 is 28.3 Å². The molecule has 12 heteroatoms. The third kappa shape index (κ3) is 4.87. The molecule has 0 atom stereocenters. The van der Waals surface area contributed by atoms with E-state index in [4.69, 9.17) is 14.9 Å². The van der Waals surface area contributed by atoms with Gasteiger partial charge in [-0.15, -0.1) is 5.10 Å². The zero-order chi connectivity index (χ0) is 26.1. The molecule has 5 heterocycles. The van der Waals surface area contributed by atoms with Crippen LogP contribution in [0.15, 0.2) is 53.3 Å². The minimum absolute atomic E-state index is 0.266. The van der Waals surface area contributed by atoms with E-state index in [0.717, 1.165) is 50.4 Å². The molecule has 0 unspecified atom stereocenters. The first kappa shape index (κ1) is 24.2. The monoisotopic (exact) mass is 516 g/mol. The number of nitrogens with two attached hydrogens (primary N) is 1. The van der Waals surface area contributed by atoms with Gasteiger partial charge in [0.2, 0.25) is 11.8 Å².